The molecule has 0 N–H and O–H groups in total. The number of anilines is 1. The maximum Gasteiger partial charge on any atom is 0.309 e. The van der Waals surface area contributed by atoms with Gasteiger partial charge < -0.3 is 14.2 Å². The summed E-state index contributed by atoms with van der Waals surface area (Å²) in [4.78, 5) is 29.7. The monoisotopic (exact) mass is 414 g/mol. The van der Waals surface area contributed by atoms with Crippen LogP contribution in [-0.4, -0.2) is 55.3 Å². The van der Waals surface area contributed by atoms with E-state index in [0.717, 1.165) is 62.9 Å². The summed E-state index contributed by atoms with van der Waals surface area (Å²) in [6, 6.07) is 7.82. The number of benzene rings is 1. The molecular weight excluding hydrogens is 384 g/mol. The molecule has 0 unspecified atom stereocenters. The molecule has 0 radical (unpaired) electrons. The van der Waals surface area contributed by atoms with E-state index in [9.17, 15) is 9.59 Å². The van der Waals surface area contributed by atoms with Gasteiger partial charge in [-0.1, -0.05) is 31.0 Å². The van der Waals surface area contributed by atoms with Gasteiger partial charge in [-0.15, -0.1) is 0 Å². The summed E-state index contributed by atoms with van der Waals surface area (Å²) >= 11 is 0. The molecule has 3 aliphatic heterocycles. The van der Waals surface area contributed by atoms with Gasteiger partial charge in [-0.3, -0.25) is 19.4 Å². The molecule has 5 rings (SSSR count). The van der Waals surface area contributed by atoms with Crippen molar-refractivity contribution in [3.05, 3.63) is 29.8 Å². The van der Waals surface area contributed by atoms with Gasteiger partial charge in [0.2, 0.25) is 0 Å². The maximum atomic E-state index is 13.6. The minimum Gasteiger partial charge on any atom is -0.466 e. The van der Waals surface area contributed by atoms with E-state index in [1.54, 1.807) is 4.90 Å². The lowest BCUT2D eigenvalue weighted by Gasteiger charge is -2.34. The number of nitrogens with zero attached hydrogens (tertiary/aromatic N) is 2. The van der Waals surface area contributed by atoms with Crippen LogP contribution in [0, 0.1) is 5.92 Å². The quantitative estimate of drug-likeness (QED) is 0.706. The van der Waals surface area contributed by atoms with Gasteiger partial charge in [0.15, 0.2) is 0 Å². The first kappa shape index (κ1) is 20.0. The van der Waals surface area contributed by atoms with Crippen LogP contribution in [-0.2, 0) is 29.6 Å². The summed E-state index contributed by atoms with van der Waals surface area (Å²) in [6.07, 6.45) is 5.64. The van der Waals surface area contributed by atoms with Gasteiger partial charge in [0, 0.05) is 18.7 Å². The van der Waals surface area contributed by atoms with Crippen molar-refractivity contribution in [2.24, 2.45) is 5.92 Å². The van der Waals surface area contributed by atoms with Crippen molar-refractivity contribution in [1.82, 2.24) is 4.90 Å². The van der Waals surface area contributed by atoms with Crippen molar-refractivity contribution in [2.45, 2.75) is 63.4 Å². The van der Waals surface area contributed by atoms with Crippen LogP contribution in [0.25, 0.3) is 0 Å². The van der Waals surface area contributed by atoms with Crippen LogP contribution < -0.4 is 4.90 Å². The number of esters is 1. The Bertz CT molecular complexity index is 806. The van der Waals surface area contributed by atoms with Crippen LogP contribution in [0.1, 0.15) is 51.0 Å². The summed E-state index contributed by atoms with van der Waals surface area (Å²) in [7, 11) is 0. The molecule has 162 valence electrons. The van der Waals surface area contributed by atoms with E-state index in [-0.39, 0.29) is 30.0 Å². The van der Waals surface area contributed by atoms with E-state index in [0.29, 0.717) is 13.3 Å². The van der Waals surface area contributed by atoms with Gasteiger partial charge in [-0.2, -0.15) is 0 Å². The van der Waals surface area contributed by atoms with E-state index in [1.807, 2.05) is 31.2 Å². The Labute approximate surface area is 177 Å². The lowest BCUT2D eigenvalue weighted by atomic mass is 9.95. The zero-order valence-corrected chi connectivity index (χ0v) is 17.5. The maximum absolute atomic E-state index is 13.6. The molecule has 0 aromatic heterocycles. The second-order valence-corrected chi connectivity index (χ2v) is 8.75. The number of piperidine rings is 1. The molecule has 4 aliphatic rings. The highest BCUT2D eigenvalue weighted by Gasteiger charge is 2.61. The Morgan fingerprint density at radius 1 is 1.10 bits per heavy atom. The smallest absolute Gasteiger partial charge is 0.309 e. The third kappa shape index (κ3) is 3.24. The lowest BCUT2D eigenvalue weighted by molar-refractivity contribution is -0.190. The van der Waals surface area contributed by atoms with Gasteiger partial charge in [0.1, 0.15) is 0 Å². The Morgan fingerprint density at radius 3 is 2.43 bits per heavy atom. The van der Waals surface area contributed by atoms with E-state index >= 15 is 0 Å². The summed E-state index contributed by atoms with van der Waals surface area (Å²) in [6.45, 7) is 4.25. The van der Waals surface area contributed by atoms with Gasteiger partial charge in [0.05, 0.1) is 37.1 Å². The number of para-hydroxylation sites is 1. The number of hydrogen-bond acceptors (Lipinski definition) is 6. The molecular formula is C23H30N2O5. The van der Waals surface area contributed by atoms with Crippen molar-refractivity contribution in [1.29, 1.82) is 0 Å². The Hall–Kier alpha value is -1.96. The van der Waals surface area contributed by atoms with Crippen molar-refractivity contribution < 1.29 is 23.8 Å². The number of carbonyl (C=O) groups excluding carboxylic acids is 2. The van der Waals surface area contributed by atoms with Crippen LogP contribution in [0.2, 0.25) is 0 Å². The zero-order valence-electron chi connectivity index (χ0n) is 17.5. The van der Waals surface area contributed by atoms with Crippen molar-refractivity contribution in [2.75, 3.05) is 31.3 Å². The van der Waals surface area contributed by atoms with Crippen LogP contribution in [0.4, 0.5) is 5.69 Å². The van der Waals surface area contributed by atoms with Crippen molar-refractivity contribution in [3.8, 4) is 0 Å². The first-order chi connectivity index (χ1) is 14.6. The molecule has 30 heavy (non-hydrogen) atoms. The van der Waals surface area contributed by atoms with E-state index in [4.69, 9.17) is 14.2 Å². The fourth-order valence-corrected chi connectivity index (χ4v) is 5.31. The summed E-state index contributed by atoms with van der Waals surface area (Å²) in [5, 5.41) is 0. The normalized spacial score (nSPS) is 28.6. The molecule has 1 amide bonds. The number of rotatable bonds is 4. The third-order valence-corrected chi connectivity index (χ3v) is 6.90. The molecule has 7 heteroatoms. The first-order valence-electron chi connectivity index (χ1n) is 11.3. The van der Waals surface area contributed by atoms with Crippen molar-refractivity contribution in [3.63, 3.8) is 0 Å². The Kier molecular flexibility index (Phi) is 5.29. The highest BCUT2D eigenvalue weighted by molar-refractivity contribution is 6.06. The number of amides is 1. The predicted molar refractivity (Wildman–Crippen MR) is 110 cm³/mol. The molecule has 3 fully saturated rings. The Morgan fingerprint density at radius 2 is 1.77 bits per heavy atom. The third-order valence-electron chi connectivity index (χ3n) is 6.90. The average Bonchev–Trinajstić information content (AvgIpc) is 3.27. The highest BCUT2D eigenvalue weighted by atomic mass is 16.8. The molecule has 0 bridgehead atoms. The number of fused-ring (bicyclic) bond motifs is 3. The number of likely N-dealkylation sites (tertiary alicyclic amines) is 1. The van der Waals surface area contributed by atoms with Crippen LogP contribution in [0.5, 0.6) is 0 Å². The molecule has 2 atom stereocenters. The summed E-state index contributed by atoms with van der Waals surface area (Å²) in [5.74, 6) is -1.56. The van der Waals surface area contributed by atoms with E-state index in [2.05, 4.69) is 4.90 Å². The molecule has 1 aliphatic carbocycles. The number of carbonyl (C=O) groups is 2. The van der Waals surface area contributed by atoms with E-state index in [1.165, 1.54) is 0 Å². The topological polar surface area (TPSA) is 68.3 Å². The summed E-state index contributed by atoms with van der Waals surface area (Å²) in [5.41, 5.74) is 1.69. The van der Waals surface area contributed by atoms with Gasteiger partial charge >= 0.3 is 5.97 Å². The molecule has 1 saturated carbocycles. The van der Waals surface area contributed by atoms with Crippen molar-refractivity contribution >= 4 is 17.6 Å². The fourth-order valence-electron chi connectivity index (χ4n) is 5.31. The Balaban J connectivity index is 1.32. The predicted octanol–water partition coefficient (Wildman–Crippen LogP) is 2.78. The first-order valence-corrected chi connectivity index (χ1v) is 11.3. The number of ether oxygens (including phenoxy) is 3. The molecule has 2 saturated heterocycles. The zero-order chi connectivity index (χ0) is 20.7. The fraction of sp³-hybridized carbons (Fsp3) is 0.652. The largest absolute Gasteiger partial charge is 0.466 e. The van der Waals surface area contributed by atoms with Crippen LogP contribution in [0.15, 0.2) is 24.3 Å². The molecule has 7 nitrogen and oxygen atoms in total. The average molecular weight is 415 g/mol. The molecule has 1 spiro atoms. The second-order valence-electron chi connectivity index (χ2n) is 8.75. The number of hydrogen-bond donors (Lipinski definition) is 0. The highest BCUT2D eigenvalue weighted by Crippen LogP contribution is 2.51. The van der Waals surface area contributed by atoms with Gasteiger partial charge in [-0.25, -0.2) is 0 Å². The van der Waals surface area contributed by atoms with Crippen LogP contribution >= 0.6 is 0 Å². The molecule has 1 aromatic rings. The summed E-state index contributed by atoms with van der Waals surface area (Å²) < 4.78 is 17.9. The van der Waals surface area contributed by atoms with E-state index < -0.39 is 5.79 Å². The minimum atomic E-state index is -1.29. The van der Waals surface area contributed by atoms with Crippen LogP contribution in [0.3, 0.4) is 0 Å². The standard InChI is InChI=1S/C23H30N2O5/c1-2-28-21(26)16-11-13-24(14-12-16)15-25-18-8-4-3-7-17(18)23(22(25)27)29-19-9-5-6-10-20(19)30-23/h3-4,7-8,16,19-20H,2,5-6,9-15H2,1H3/t19-,20-/m0/s1. The SMILES string of the molecule is CCOC(=O)C1CCN(CN2C(=O)C3(O[C@H]4CCCC[C@@H]4O3)c3ccccc32)CC1. The van der Waals surface area contributed by atoms with Gasteiger partial charge in [-0.05, 0) is 38.7 Å². The minimum absolute atomic E-state index is 0.00368. The lowest BCUT2D eigenvalue weighted by Crippen LogP contribution is -2.48. The molecule has 1 aromatic carbocycles. The second kappa shape index (κ2) is 7.94. The molecule has 3 heterocycles. The van der Waals surface area contributed by atoms with Gasteiger partial charge in [0.25, 0.3) is 11.7 Å².